The Morgan fingerprint density at radius 2 is 1.94 bits per heavy atom. The molecule has 2 aromatic rings. The Morgan fingerprint density at radius 3 is 2.82 bits per heavy atom. The number of benzene rings is 2. The van der Waals surface area contributed by atoms with Crippen LogP contribution in [0.2, 0.25) is 0 Å². The van der Waals surface area contributed by atoms with Crippen molar-refractivity contribution in [2.45, 2.75) is 22.3 Å². The zero-order chi connectivity index (χ0) is 11.8. The first-order chi connectivity index (χ1) is 8.24. The summed E-state index contributed by atoms with van der Waals surface area (Å²) in [6.45, 7) is 0. The van der Waals surface area contributed by atoms with Crippen molar-refractivity contribution in [3.8, 4) is 0 Å². The van der Waals surface area contributed by atoms with Gasteiger partial charge >= 0.3 is 0 Å². The van der Waals surface area contributed by atoms with Gasteiger partial charge in [0.05, 0.1) is 6.10 Å². The summed E-state index contributed by atoms with van der Waals surface area (Å²) in [5, 5.41) is 10.3. The van der Waals surface area contributed by atoms with Gasteiger partial charge in [-0.2, -0.15) is 0 Å². The molecule has 2 aromatic carbocycles. The molecule has 0 saturated carbocycles. The zero-order valence-corrected chi connectivity index (χ0v) is 12.0. The summed E-state index contributed by atoms with van der Waals surface area (Å²) in [5.41, 5.74) is 2.29. The molecule has 17 heavy (non-hydrogen) atoms. The molecule has 0 amide bonds. The molecule has 3 rings (SSSR count). The van der Waals surface area contributed by atoms with E-state index in [1.807, 2.05) is 18.2 Å². The van der Waals surface area contributed by atoms with Gasteiger partial charge in [0.15, 0.2) is 0 Å². The van der Waals surface area contributed by atoms with Crippen LogP contribution in [0.25, 0.3) is 0 Å². The summed E-state index contributed by atoms with van der Waals surface area (Å²) in [4.78, 5) is 2.43. The van der Waals surface area contributed by atoms with Gasteiger partial charge in [-0.15, -0.1) is 0 Å². The maximum absolute atomic E-state index is 10.3. The van der Waals surface area contributed by atoms with Gasteiger partial charge in [0, 0.05) is 19.8 Å². The minimum atomic E-state index is -0.391. The van der Waals surface area contributed by atoms with Crippen molar-refractivity contribution >= 4 is 34.4 Å². The van der Waals surface area contributed by atoms with Crippen LogP contribution in [-0.2, 0) is 6.42 Å². The first kappa shape index (κ1) is 11.6. The van der Waals surface area contributed by atoms with Gasteiger partial charge in [-0.25, -0.2) is 0 Å². The number of hydrogen-bond acceptors (Lipinski definition) is 2. The van der Waals surface area contributed by atoms with Gasteiger partial charge in [-0.3, -0.25) is 0 Å². The lowest BCUT2D eigenvalue weighted by Gasteiger charge is -2.10. The van der Waals surface area contributed by atoms with E-state index in [1.54, 1.807) is 11.8 Å². The maximum Gasteiger partial charge on any atom is 0.0841 e. The Bertz CT molecular complexity index is 568. The van der Waals surface area contributed by atoms with Crippen molar-refractivity contribution in [2.24, 2.45) is 0 Å². The van der Waals surface area contributed by atoms with Gasteiger partial charge in [0.1, 0.15) is 0 Å². The average molecular weight is 354 g/mol. The average Bonchev–Trinajstić information content (AvgIpc) is 2.46. The minimum Gasteiger partial charge on any atom is -0.388 e. The molecule has 0 spiro atoms. The predicted molar refractivity (Wildman–Crippen MR) is 78.4 cm³/mol. The monoisotopic (exact) mass is 354 g/mol. The van der Waals surface area contributed by atoms with Crippen LogP contribution in [-0.4, -0.2) is 5.11 Å². The zero-order valence-electron chi connectivity index (χ0n) is 9.06. The molecule has 0 aliphatic carbocycles. The second kappa shape index (κ2) is 4.63. The van der Waals surface area contributed by atoms with E-state index in [9.17, 15) is 5.11 Å². The molecular weight excluding hydrogens is 343 g/mol. The van der Waals surface area contributed by atoms with Crippen LogP contribution in [0, 0.1) is 3.57 Å². The van der Waals surface area contributed by atoms with Crippen molar-refractivity contribution in [1.29, 1.82) is 0 Å². The fourth-order valence-corrected chi connectivity index (χ4v) is 3.76. The number of hydrogen-bond donors (Lipinski definition) is 1. The molecule has 1 aliphatic rings. The highest BCUT2D eigenvalue weighted by Crippen LogP contribution is 2.40. The van der Waals surface area contributed by atoms with Crippen LogP contribution in [0.4, 0.5) is 0 Å². The van der Waals surface area contributed by atoms with Crippen molar-refractivity contribution in [3.05, 3.63) is 57.2 Å². The van der Waals surface area contributed by atoms with Crippen molar-refractivity contribution in [2.75, 3.05) is 0 Å². The van der Waals surface area contributed by atoms with Crippen molar-refractivity contribution < 1.29 is 5.11 Å². The second-order valence-corrected chi connectivity index (χ2v) is 6.44. The van der Waals surface area contributed by atoms with E-state index in [0.717, 1.165) is 5.56 Å². The molecule has 0 fully saturated rings. The van der Waals surface area contributed by atoms with Crippen molar-refractivity contribution in [1.82, 2.24) is 0 Å². The van der Waals surface area contributed by atoms with Crippen LogP contribution in [0.5, 0.6) is 0 Å². The number of halogens is 1. The molecule has 86 valence electrons. The number of aliphatic hydroxyl groups is 1. The first-order valence-corrected chi connectivity index (χ1v) is 7.37. The van der Waals surface area contributed by atoms with E-state index >= 15 is 0 Å². The molecule has 0 bridgehead atoms. The third-order valence-corrected chi connectivity index (χ3v) is 4.81. The molecule has 0 aromatic heterocycles. The molecule has 0 unspecified atom stereocenters. The van der Waals surface area contributed by atoms with Crippen LogP contribution >= 0.6 is 34.4 Å². The normalized spacial score (nSPS) is 18.1. The Morgan fingerprint density at radius 1 is 1.12 bits per heavy atom. The Kier molecular flexibility index (Phi) is 3.15. The molecule has 0 saturated heterocycles. The van der Waals surface area contributed by atoms with Gasteiger partial charge < -0.3 is 5.11 Å². The molecule has 1 N–H and O–H groups in total. The van der Waals surface area contributed by atoms with E-state index in [0.29, 0.717) is 6.42 Å². The van der Waals surface area contributed by atoms with Crippen LogP contribution in [0.3, 0.4) is 0 Å². The predicted octanol–water partition coefficient (Wildman–Crippen LogP) is 4.03. The second-order valence-electron chi connectivity index (χ2n) is 4.11. The fourth-order valence-electron chi connectivity index (χ4n) is 2.09. The number of fused-ring (bicyclic) bond motifs is 2. The van der Waals surface area contributed by atoms with Crippen LogP contribution in [0.1, 0.15) is 17.2 Å². The molecule has 1 aliphatic heterocycles. The van der Waals surface area contributed by atoms with Gasteiger partial charge in [-0.1, -0.05) is 30.0 Å². The van der Waals surface area contributed by atoms with E-state index < -0.39 is 6.10 Å². The fraction of sp³-hybridized carbons (Fsp3) is 0.143. The number of aliphatic hydroxyl groups excluding tert-OH is 1. The standard InChI is InChI=1S/C14H11IOS/c15-10-5-6-13-9(7-10)8-12(16)11-3-1-2-4-14(11)17-13/h1-7,12,16H,8H2/t12-/m1/s1. The quantitative estimate of drug-likeness (QED) is 0.721. The first-order valence-electron chi connectivity index (χ1n) is 5.47. The topological polar surface area (TPSA) is 20.2 Å². The SMILES string of the molecule is O[C@@H]1Cc2cc(I)ccc2Sc2ccccc21. The highest BCUT2D eigenvalue weighted by Gasteiger charge is 2.20. The van der Waals surface area contributed by atoms with E-state index in [-0.39, 0.29) is 0 Å². The summed E-state index contributed by atoms with van der Waals surface area (Å²) in [6.07, 6.45) is 0.314. The molecule has 0 radical (unpaired) electrons. The third-order valence-electron chi connectivity index (χ3n) is 2.93. The van der Waals surface area contributed by atoms with Crippen LogP contribution in [0.15, 0.2) is 52.3 Å². The lowest BCUT2D eigenvalue weighted by atomic mass is 10.0. The smallest absolute Gasteiger partial charge is 0.0841 e. The van der Waals surface area contributed by atoms with E-state index in [2.05, 4.69) is 46.9 Å². The summed E-state index contributed by atoms with van der Waals surface area (Å²) in [6, 6.07) is 14.5. The van der Waals surface area contributed by atoms with Gasteiger partial charge in [-0.05, 0) is 58.0 Å². The van der Waals surface area contributed by atoms with Gasteiger partial charge in [0.2, 0.25) is 0 Å². The molecule has 1 atom stereocenters. The third kappa shape index (κ3) is 2.23. The van der Waals surface area contributed by atoms with Gasteiger partial charge in [0.25, 0.3) is 0 Å². The van der Waals surface area contributed by atoms with Crippen LogP contribution < -0.4 is 0 Å². The van der Waals surface area contributed by atoms with E-state index in [1.165, 1.54) is 18.9 Å². The van der Waals surface area contributed by atoms with E-state index in [4.69, 9.17) is 0 Å². The lowest BCUT2D eigenvalue weighted by Crippen LogP contribution is -2.01. The summed E-state index contributed by atoms with van der Waals surface area (Å²) >= 11 is 4.07. The summed E-state index contributed by atoms with van der Waals surface area (Å²) < 4.78 is 1.22. The molecule has 1 nitrogen and oxygen atoms in total. The Labute approximate surface area is 118 Å². The largest absolute Gasteiger partial charge is 0.388 e. The highest BCUT2D eigenvalue weighted by molar-refractivity contribution is 14.1. The summed E-state index contributed by atoms with van der Waals surface area (Å²) in [7, 11) is 0. The Balaban J connectivity index is 2.13. The minimum absolute atomic E-state index is 0.391. The van der Waals surface area contributed by atoms with Crippen molar-refractivity contribution in [3.63, 3.8) is 0 Å². The highest BCUT2D eigenvalue weighted by atomic mass is 127. The maximum atomic E-state index is 10.3. The Hall–Kier alpha value is -0.520. The molecule has 1 heterocycles. The lowest BCUT2D eigenvalue weighted by molar-refractivity contribution is 0.175. The molecular formula is C14H11IOS. The number of rotatable bonds is 0. The summed E-state index contributed by atoms with van der Waals surface area (Å²) in [5.74, 6) is 0. The molecule has 3 heteroatoms.